The van der Waals surface area contributed by atoms with E-state index in [2.05, 4.69) is 30.9 Å². The summed E-state index contributed by atoms with van der Waals surface area (Å²) in [7, 11) is 0. The molecular weight excluding hydrogens is 477 g/mol. The summed E-state index contributed by atoms with van der Waals surface area (Å²) in [6.45, 7) is 0.191. The topological polar surface area (TPSA) is 114 Å². The number of carbonyl (C=O) groups excluding carboxylic acids is 2. The van der Waals surface area contributed by atoms with Gasteiger partial charge in [0.25, 0.3) is 5.91 Å². The van der Waals surface area contributed by atoms with E-state index in [1.807, 2.05) is 6.07 Å². The third-order valence-corrected chi connectivity index (χ3v) is 5.25. The molecule has 11 heteroatoms. The van der Waals surface area contributed by atoms with Gasteiger partial charge in [-0.25, -0.2) is 4.98 Å². The first-order valence-corrected chi connectivity index (χ1v) is 10.9. The summed E-state index contributed by atoms with van der Waals surface area (Å²) >= 11 is 12.0. The molecule has 0 atom stereocenters. The summed E-state index contributed by atoms with van der Waals surface area (Å²) in [6, 6.07) is 15.4. The van der Waals surface area contributed by atoms with Crippen molar-refractivity contribution < 1.29 is 9.59 Å². The normalized spacial score (nSPS) is 10.5. The number of anilines is 2. The first-order chi connectivity index (χ1) is 16.5. The number of rotatable bonds is 8. The standard InChI is InChI=1S/C23H19Cl2N7O2/c24-17-7-6-16(18(25)10-17)12-28-21(33)13-27-19-11-20(32-9-8-26-14-32)30-23(29-19)31-22(34)15-4-2-1-3-5-15/h1-11,14H,12-13H2,(H,28,33)(H2,27,29,30,31,34). The predicted molar refractivity (Wildman–Crippen MR) is 130 cm³/mol. The highest BCUT2D eigenvalue weighted by Gasteiger charge is 2.12. The van der Waals surface area contributed by atoms with Gasteiger partial charge in [-0.1, -0.05) is 47.5 Å². The van der Waals surface area contributed by atoms with E-state index in [9.17, 15) is 9.59 Å². The van der Waals surface area contributed by atoms with Gasteiger partial charge in [-0.15, -0.1) is 0 Å². The maximum absolute atomic E-state index is 12.5. The Kier molecular flexibility index (Phi) is 7.36. The molecule has 172 valence electrons. The predicted octanol–water partition coefficient (Wildman–Crippen LogP) is 3.95. The van der Waals surface area contributed by atoms with Crippen LogP contribution in [0.4, 0.5) is 11.8 Å². The van der Waals surface area contributed by atoms with Gasteiger partial charge in [-0.2, -0.15) is 9.97 Å². The molecule has 9 nitrogen and oxygen atoms in total. The summed E-state index contributed by atoms with van der Waals surface area (Å²) in [5.74, 6) is 0.264. The molecule has 0 saturated carbocycles. The Bertz CT molecular complexity index is 1300. The Morgan fingerprint density at radius 2 is 1.82 bits per heavy atom. The Balaban J connectivity index is 1.44. The molecule has 2 aromatic carbocycles. The average molecular weight is 496 g/mol. The molecule has 34 heavy (non-hydrogen) atoms. The highest BCUT2D eigenvalue weighted by Crippen LogP contribution is 2.20. The number of amides is 2. The minimum absolute atomic E-state index is 0.0579. The van der Waals surface area contributed by atoms with Crippen LogP contribution in [0.2, 0.25) is 10.0 Å². The van der Waals surface area contributed by atoms with Crippen molar-refractivity contribution in [2.75, 3.05) is 17.2 Å². The molecule has 0 saturated heterocycles. The number of halogens is 2. The number of imidazole rings is 1. The zero-order valence-corrected chi connectivity index (χ0v) is 19.2. The van der Waals surface area contributed by atoms with Gasteiger partial charge in [0.05, 0.1) is 6.54 Å². The smallest absolute Gasteiger partial charge is 0.258 e. The molecule has 0 bridgehead atoms. The molecule has 0 aliphatic rings. The lowest BCUT2D eigenvalue weighted by Crippen LogP contribution is -2.29. The van der Waals surface area contributed by atoms with Crippen LogP contribution in [-0.4, -0.2) is 37.9 Å². The molecule has 2 heterocycles. The minimum Gasteiger partial charge on any atom is -0.361 e. The number of hydrogen-bond acceptors (Lipinski definition) is 6. The third-order valence-electron chi connectivity index (χ3n) is 4.66. The van der Waals surface area contributed by atoms with Crippen LogP contribution in [0.25, 0.3) is 5.82 Å². The van der Waals surface area contributed by atoms with Crippen LogP contribution in [0.1, 0.15) is 15.9 Å². The van der Waals surface area contributed by atoms with Crippen molar-refractivity contribution in [3.8, 4) is 5.82 Å². The highest BCUT2D eigenvalue weighted by atomic mass is 35.5. The van der Waals surface area contributed by atoms with Crippen molar-refractivity contribution in [3.05, 3.63) is 94.5 Å². The quantitative estimate of drug-likeness (QED) is 0.341. The van der Waals surface area contributed by atoms with Crippen LogP contribution in [0.3, 0.4) is 0 Å². The van der Waals surface area contributed by atoms with Crippen LogP contribution in [0.15, 0.2) is 73.3 Å². The van der Waals surface area contributed by atoms with Gasteiger partial charge in [-0.3, -0.25) is 19.5 Å². The molecule has 0 unspecified atom stereocenters. The van der Waals surface area contributed by atoms with Crippen LogP contribution in [-0.2, 0) is 11.3 Å². The summed E-state index contributed by atoms with van der Waals surface area (Å²) < 4.78 is 1.66. The fourth-order valence-electron chi connectivity index (χ4n) is 2.96. The van der Waals surface area contributed by atoms with E-state index in [-0.39, 0.29) is 30.9 Å². The second-order valence-corrected chi connectivity index (χ2v) is 7.93. The van der Waals surface area contributed by atoms with E-state index >= 15 is 0 Å². The van der Waals surface area contributed by atoms with Crippen molar-refractivity contribution in [2.24, 2.45) is 0 Å². The zero-order chi connectivity index (χ0) is 23.9. The Morgan fingerprint density at radius 1 is 1.00 bits per heavy atom. The second-order valence-electron chi connectivity index (χ2n) is 7.09. The first kappa shape index (κ1) is 23.2. The van der Waals surface area contributed by atoms with Crippen molar-refractivity contribution in [2.45, 2.75) is 6.54 Å². The Hall–Kier alpha value is -3.95. The van der Waals surface area contributed by atoms with E-state index in [1.54, 1.807) is 71.8 Å². The van der Waals surface area contributed by atoms with E-state index in [0.717, 1.165) is 5.56 Å². The number of benzene rings is 2. The van der Waals surface area contributed by atoms with Gasteiger partial charge in [0.15, 0.2) is 0 Å². The second kappa shape index (κ2) is 10.8. The largest absolute Gasteiger partial charge is 0.361 e. The zero-order valence-electron chi connectivity index (χ0n) is 17.7. The fraction of sp³-hybridized carbons (Fsp3) is 0.0870. The SMILES string of the molecule is O=C(CNc1cc(-n2ccnc2)nc(NC(=O)c2ccccc2)n1)NCc1ccc(Cl)cc1Cl. The van der Waals surface area contributed by atoms with Crippen molar-refractivity contribution in [1.82, 2.24) is 24.8 Å². The van der Waals surface area contributed by atoms with E-state index in [4.69, 9.17) is 23.2 Å². The molecule has 2 aromatic heterocycles. The van der Waals surface area contributed by atoms with Crippen LogP contribution in [0, 0.1) is 0 Å². The third kappa shape index (κ3) is 6.09. The van der Waals surface area contributed by atoms with Gasteiger partial charge in [-0.05, 0) is 29.8 Å². The van der Waals surface area contributed by atoms with E-state index in [1.165, 1.54) is 0 Å². The lowest BCUT2D eigenvalue weighted by Gasteiger charge is -2.12. The molecule has 4 rings (SSSR count). The summed E-state index contributed by atoms with van der Waals surface area (Å²) in [5, 5.41) is 9.42. The van der Waals surface area contributed by atoms with Crippen LogP contribution >= 0.6 is 23.2 Å². The monoisotopic (exact) mass is 495 g/mol. The molecule has 0 fully saturated rings. The first-order valence-electron chi connectivity index (χ1n) is 10.2. The maximum atomic E-state index is 12.5. The lowest BCUT2D eigenvalue weighted by molar-refractivity contribution is -0.119. The van der Waals surface area contributed by atoms with Gasteiger partial charge in [0, 0.05) is 40.6 Å². The van der Waals surface area contributed by atoms with Gasteiger partial charge < -0.3 is 10.6 Å². The maximum Gasteiger partial charge on any atom is 0.258 e. The van der Waals surface area contributed by atoms with Gasteiger partial charge in [0.2, 0.25) is 11.9 Å². The minimum atomic E-state index is -0.355. The van der Waals surface area contributed by atoms with Crippen LogP contribution < -0.4 is 16.0 Å². The lowest BCUT2D eigenvalue weighted by atomic mass is 10.2. The molecule has 0 aliphatic carbocycles. The summed E-state index contributed by atoms with van der Waals surface area (Å²) in [4.78, 5) is 37.6. The number of nitrogens with one attached hydrogen (secondary N) is 3. The highest BCUT2D eigenvalue weighted by molar-refractivity contribution is 6.35. The van der Waals surface area contributed by atoms with Crippen molar-refractivity contribution in [3.63, 3.8) is 0 Å². The molecule has 0 aliphatic heterocycles. The Labute approximate surface area is 205 Å². The van der Waals surface area contributed by atoms with Crippen LogP contribution in [0.5, 0.6) is 0 Å². The number of carbonyl (C=O) groups is 2. The summed E-state index contributed by atoms with van der Waals surface area (Å²) in [6.07, 6.45) is 4.88. The molecule has 4 aromatic rings. The van der Waals surface area contributed by atoms with Gasteiger partial charge >= 0.3 is 0 Å². The molecule has 3 N–H and O–H groups in total. The molecule has 0 spiro atoms. The number of hydrogen-bond donors (Lipinski definition) is 3. The molecule has 0 radical (unpaired) electrons. The van der Waals surface area contributed by atoms with Gasteiger partial charge in [0.1, 0.15) is 18.0 Å². The fourth-order valence-corrected chi connectivity index (χ4v) is 3.44. The van der Waals surface area contributed by atoms with E-state index in [0.29, 0.717) is 27.2 Å². The van der Waals surface area contributed by atoms with E-state index < -0.39 is 0 Å². The molecule has 2 amide bonds. The molecular formula is C23H19Cl2N7O2. The summed E-state index contributed by atoms with van der Waals surface area (Å²) in [5.41, 5.74) is 1.21. The van der Waals surface area contributed by atoms with Crippen molar-refractivity contribution in [1.29, 1.82) is 0 Å². The number of nitrogens with zero attached hydrogens (tertiary/aromatic N) is 4. The van der Waals surface area contributed by atoms with Crippen molar-refractivity contribution >= 4 is 46.8 Å². The number of aromatic nitrogens is 4. The average Bonchev–Trinajstić information content (AvgIpc) is 3.38. The Morgan fingerprint density at radius 3 is 2.56 bits per heavy atom.